The molecule has 0 aliphatic rings. The van der Waals surface area contributed by atoms with Crippen LogP contribution in [0.5, 0.6) is 0 Å². The first-order chi connectivity index (χ1) is 3.13. The van der Waals surface area contributed by atoms with Crippen molar-refractivity contribution in [3.05, 3.63) is 0 Å². The van der Waals surface area contributed by atoms with Gasteiger partial charge in [0.25, 0.3) is 5.87 Å². The summed E-state index contributed by atoms with van der Waals surface area (Å²) >= 11 is 0. The predicted octanol–water partition coefficient (Wildman–Crippen LogP) is -0.353. The fourth-order valence-electron chi connectivity index (χ4n) is 0.213. The molecule has 0 radical (unpaired) electrons. The molecule has 7 heavy (non-hydrogen) atoms. The normalized spacial score (nSPS) is 7.57. The molecule has 0 atom stereocenters. The number of hydrogen-bond donors (Lipinski definition) is 1. The van der Waals surface area contributed by atoms with E-state index in [1.807, 2.05) is 0 Å². The molecule has 0 rings (SSSR count). The Bertz CT molecular complexity index is 86.4. The molecular weight excluding hydrogens is 94.8 g/mol. The number of carboxylic acid groups (broad SMARTS) is 1. The van der Waals surface area contributed by atoms with Crippen molar-refractivity contribution < 1.29 is 14.7 Å². The van der Waals surface area contributed by atoms with E-state index in [1.165, 1.54) is 6.92 Å². The summed E-state index contributed by atoms with van der Waals surface area (Å²) < 4.78 is 0. The summed E-state index contributed by atoms with van der Waals surface area (Å²) in [4.78, 5) is 19.5. The first kappa shape index (κ1) is 6.20. The van der Waals surface area contributed by atoms with Crippen LogP contribution in [0.4, 0.5) is 4.79 Å². The van der Waals surface area contributed by atoms with Crippen LogP contribution in [0.2, 0.25) is 0 Å². The summed E-state index contributed by atoms with van der Waals surface area (Å²) in [5, 5.41) is 7.86. The quantitative estimate of drug-likeness (QED) is 0.482. The zero-order chi connectivity index (χ0) is 5.86. The van der Waals surface area contributed by atoms with E-state index >= 15 is 0 Å². The molecular formula is C3H5BO3. The Kier molecular flexibility index (Phi) is 2.12. The van der Waals surface area contributed by atoms with Crippen LogP contribution >= 0.6 is 0 Å². The van der Waals surface area contributed by atoms with Gasteiger partial charge in [0, 0.05) is 0 Å². The summed E-state index contributed by atoms with van der Waals surface area (Å²) in [5.41, 5.74) is -0.312. The van der Waals surface area contributed by atoms with E-state index in [2.05, 4.69) is 0 Å². The maximum atomic E-state index is 9.87. The zero-order valence-corrected chi connectivity index (χ0v) is 3.97. The monoisotopic (exact) mass is 100 g/mol. The van der Waals surface area contributed by atoms with E-state index in [0.29, 0.717) is 0 Å². The molecule has 38 valence electrons. The van der Waals surface area contributed by atoms with Gasteiger partial charge < -0.3 is 9.90 Å². The van der Waals surface area contributed by atoms with E-state index in [9.17, 15) is 9.59 Å². The molecule has 0 aromatic heterocycles. The summed E-state index contributed by atoms with van der Waals surface area (Å²) in [6.45, 7) is 1.24. The third-order valence-corrected chi connectivity index (χ3v) is 0.400. The third kappa shape index (κ3) is 5.20. The molecule has 4 heteroatoms. The summed E-state index contributed by atoms with van der Waals surface area (Å²) in [5.74, 6) is -1.06. The van der Waals surface area contributed by atoms with E-state index < -0.39 is 5.87 Å². The van der Waals surface area contributed by atoms with Gasteiger partial charge in [0.05, 0.1) is 5.68 Å². The Morgan fingerprint density at radius 3 is 2.00 bits per heavy atom. The van der Waals surface area contributed by atoms with Gasteiger partial charge in [-0.15, -0.1) is 0 Å². The van der Waals surface area contributed by atoms with Crippen LogP contribution in [0.15, 0.2) is 0 Å². The molecule has 0 unspecified atom stereocenters. The van der Waals surface area contributed by atoms with Crippen LogP contribution in [0.25, 0.3) is 0 Å². The molecule has 0 heterocycles. The molecule has 3 nitrogen and oxygen atoms in total. The average molecular weight is 99.9 g/mol. The first-order valence-corrected chi connectivity index (χ1v) is 1.84. The van der Waals surface area contributed by atoms with Crippen molar-refractivity contribution >= 4 is 18.8 Å². The number of rotatable bonds is 2. The highest BCUT2D eigenvalue weighted by Crippen LogP contribution is 1.65. The molecule has 0 aliphatic heterocycles. The maximum absolute atomic E-state index is 9.87. The van der Waals surface area contributed by atoms with Crippen LogP contribution in [-0.2, 0) is 4.79 Å². The largest absolute Gasteiger partial charge is 0.489 e. The smallest absolute Gasteiger partial charge is 0.338 e. The topological polar surface area (TPSA) is 54.4 Å². The second-order valence-corrected chi connectivity index (χ2v) is 1.27. The Morgan fingerprint density at radius 1 is 1.57 bits per heavy atom. The van der Waals surface area contributed by atoms with Gasteiger partial charge in [-0.1, -0.05) is 0 Å². The molecule has 0 spiro atoms. The minimum atomic E-state index is -1.06. The van der Waals surface area contributed by atoms with Crippen molar-refractivity contribution in [3.63, 3.8) is 0 Å². The van der Waals surface area contributed by atoms with Crippen LogP contribution in [0, 0.1) is 0 Å². The number of carbonyl (C=O) groups is 2. The van der Waals surface area contributed by atoms with E-state index in [0.717, 1.165) is 0 Å². The molecule has 0 aliphatic carbocycles. The fraction of sp³-hybridized carbons (Fsp3) is 0.333. The van der Waals surface area contributed by atoms with Crippen molar-refractivity contribution in [2.75, 3.05) is 0 Å². The minimum absolute atomic E-state index is 0.312. The Morgan fingerprint density at radius 2 is 2.00 bits per heavy atom. The second-order valence-electron chi connectivity index (χ2n) is 1.27. The molecule has 1 N–H and O–H groups in total. The molecule has 0 saturated carbocycles. The van der Waals surface area contributed by atoms with Crippen LogP contribution in [0.3, 0.4) is 0 Å². The zero-order valence-electron chi connectivity index (χ0n) is 3.97. The second kappa shape index (κ2) is 2.39. The third-order valence-electron chi connectivity index (χ3n) is 0.400. The van der Waals surface area contributed by atoms with Gasteiger partial charge in [0.1, 0.15) is 0 Å². The lowest BCUT2D eigenvalue weighted by molar-refractivity contribution is -0.110. The van der Waals surface area contributed by atoms with Crippen molar-refractivity contribution in [2.24, 2.45) is 0 Å². The lowest BCUT2D eigenvalue weighted by Gasteiger charge is -1.78. The summed E-state index contributed by atoms with van der Waals surface area (Å²) in [6.07, 6.45) is 0. The predicted molar refractivity (Wildman–Crippen MR) is 25.9 cm³/mol. The van der Waals surface area contributed by atoms with Crippen LogP contribution in [-0.4, -0.2) is 23.9 Å². The van der Waals surface area contributed by atoms with Crippen LogP contribution < -0.4 is 0 Å². The van der Waals surface area contributed by atoms with Gasteiger partial charge in [-0.05, 0) is 6.92 Å². The van der Waals surface area contributed by atoms with Gasteiger partial charge in [-0.25, -0.2) is 0 Å². The molecule has 0 bridgehead atoms. The van der Waals surface area contributed by atoms with Crippen molar-refractivity contribution in [1.29, 1.82) is 0 Å². The van der Waals surface area contributed by atoms with E-state index in [-0.39, 0.29) is 13.0 Å². The minimum Gasteiger partial charge on any atom is -0.489 e. The van der Waals surface area contributed by atoms with Crippen LogP contribution in [0.1, 0.15) is 6.92 Å². The molecule has 0 saturated heterocycles. The average Bonchev–Trinajstić information content (AvgIpc) is 1.27. The van der Waals surface area contributed by atoms with Gasteiger partial charge in [-0.2, -0.15) is 0 Å². The van der Waals surface area contributed by atoms with Gasteiger partial charge in [0.15, 0.2) is 0 Å². The van der Waals surface area contributed by atoms with Crippen molar-refractivity contribution in [1.82, 2.24) is 0 Å². The molecule has 0 fully saturated rings. The van der Waals surface area contributed by atoms with Gasteiger partial charge >= 0.3 is 7.28 Å². The maximum Gasteiger partial charge on any atom is 0.338 e. The lowest BCUT2D eigenvalue weighted by Crippen LogP contribution is -2.13. The Labute approximate surface area is 41.6 Å². The molecule has 0 amide bonds. The summed E-state index contributed by atoms with van der Waals surface area (Å²) in [7, 11) is -0.361. The first-order valence-electron chi connectivity index (χ1n) is 1.84. The fourth-order valence-corrected chi connectivity index (χ4v) is 0.213. The van der Waals surface area contributed by atoms with Crippen molar-refractivity contribution in [3.8, 4) is 0 Å². The van der Waals surface area contributed by atoms with E-state index in [1.54, 1.807) is 0 Å². The highest BCUT2D eigenvalue weighted by atomic mass is 16.4. The Balaban J connectivity index is 3.32. The lowest BCUT2D eigenvalue weighted by atomic mass is 9.75. The van der Waals surface area contributed by atoms with Crippen molar-refractivity contribution in [2.45, 2.75) is 6.92 Å². The Hall–Kier alpha value is -0.795. The standard InChI is InChI=1S/C3H5BO3/c1-2(5)4-3(6)7/h4H,1H3,(H,6,7). The molecule has 0 aromatic rings. The van der Waals surface area contributed by atoms with E-state index in [4.69, 9.17) is 5.11 Å². The highest BCUT2D eigenvalue weighted by Gasteiger charge is 2.03. The van der Waals surface area contributed by atoms with Gasteiger partial charge in [0.2, 0.25) is 0 Å². The highest BCUT2D eigenvalue weighted by molar-refractivity contribution is 6.95. The SMILES string of the molecule is CC(=O)BC(=O)O. The number of carbonyl (C=O) groups excluding carboxylic acids is 1. The number of hydrogen-bond acceptors (Lipinski definition) is 2. The van der Waals surface area contributed by atoms with Gasteiger partial charge in [-0.3, -0.25) is 4.79 Å². The molecule has 0 aromatic carbocycles. The summed E-state index contributed by atoms with van der Waals surface area (Å²) in [6, 6.07) is 0.